The first kappa shape index (κ1) is 12.8. The van der Waals surface area contributed by atoms with E-state index < -0.39 is 0 Å². The van der Waals surface area contributed by atoms with Crippen LogP contribution in [0, 0.1) is 36.5 Å². The second-order valence-corrected chi connectivity index (χ2v) is 7.56. The fourth-order valence-electron chi connectivity index (χ4n) is 5.71. The molecule has 0 saturated heterocycles. The number of hydrazine groups is 1. The number of hydrogen-bond donors (Lipinski definition) is 2. The van der Waals surface area contributed by atoms with Gasteiger partial charge in [-0.3, -0.25) is 11.3 Å². The van der Waals surface area contributed by atoms with Crippen molar-refractivity contribution in [1.82, 2.24) is 5.43 Å². The Labute approximate surface area is 122 Å². The van der Waals surface area contributed by atoms with Crippen LogP contribution in [0.3, 0.4) is 0 Å². The molecular weight excluding hydrogens is 244 g/mol. The molecule has 108 valence electrons. The van der Waals surface area contributed by atoms with E-state index in [4.69, 9.17) is 5.84 Å². The van der Waals surface area contributed by atoms with Crippen molar-refractivity contribution in [3.8, 4) is 0 Å². The van der Waals surface area contributed by atoms with Gasteiger partial charge in [-0.15, -0.1) is 0 Å². The lowest BCUT2D eigenvalue weighted by Crippen LogP contribution is -2.50. The van der Waals surface area contributed by atoms with E-state index in [0.29, 0.717) is 6.04 Å². The average molecular weight is 270 g/mol. The summed E-state index contributed by atoms with van der Waals surface area (Å²) >= 11 is 0. The van der Waals surface area contributed by atoms with E-state index in [-0.39, 0.29) is 0 Å². The van der Waals surface area contributed by atoms with Crippen LogP contribution >= 0.6 is 0 Å². The van der Waals surface area contributed by atoms with Gasteiger partial charge in [0.25, 0.3) is 0 Å². The number of hydrogen-bond acceptors (Lipinski definition) is 2. The summed E-state index contributed by atoms with van der Waals surface area (Å²) in [5, 5.41) is 0. The molecule has 0 aromatic heterocycles. The van der Waals surface area contributed by atoms with Gasteiger partial charge in [0.05, 0.1) is 0 Å². The van der Waals surface area contributed by atoms with Crippen molar-refractivity contribution >= 4 is 0 Å². The van der Waals surface area contributed by atoms with Crippen LogP contribution in [0.2, 0.25) is 0 Å². The minimum Gasteiger partial charge on any atom is -0.271 e. The summed E-state index contributed by atoms with van der Waals surface area (Å²) in [6.45, 7) is 2.15. The molecule has 4 aliphatic carbocycles. The lowest BCUT2D eigenvalue weighted by molar-refractivity contribution is -0.0525. The molecule has 0 aliphatic heterocycles. The van der Waals surface area contributed by atoms with Crippen molar-refractivity contribution in [3.05, 3.63) is 35.4 Å². The van der Waals surface area contributed by atoms with Crippen molar-refractivity contribution in [2.45, 2.75) is 45.1 Å². The van der Waals surface area contributed by atoms with Crippen LogP contribution in [0.1, 0.15) is 49.3 Å². The van der Waals surface area contributed by atoms with Gasteiger partial charge in [0, 0.05) is 6.04 Å². The smallest absolute Gasteiger partial charge is 0.0493 e. The molecule has 4 aliphatic rings. The molecule has 4 fully saturated rings. The van der Waals surface area contributed by atoms with Crippen molar-refractivity contribution in [1.29, 1.82) is 0 Å². The molecule has 20 heavy (non-hydrogen) atoms. The molecule has 2 nitrogen and oxygen atoms in total. The summed E-state index contributed by atoms with van der Waals surface area (Å²) in [6.07, 6.45) is 7.36. The average Bonchev–Trinajstić information content (AvgIpc) is 2.43. The standard InChI is InChI=1S/C18H26N2/c1-11-2-4-14(5-3-11)18(20-19)17-15-7-12-6-13(9-15)10-16(17)8-12/h2-5,12-13,15-18,20H,6-10,19H2,1H3. The third kappa shape index (κ3) is 2.01. The molecule has 2 heteroatoms. The third-order valence-electron chi connectivity index (χ3n) is 6.30. The van der Waals surface area contributed by atoms with Crippen molar-refractivity contribution in [3.63, 3.8) is 0 Å². The number of rotatable bonds is 3. The Bertz CT molecular complexity index is 451. The van der Waals surface area contributed by atoms with Crippen molar-refractivity contribution < 1.29 is 0 Å². The van der Waals surface area contributed by atoms with Gasteiger partial charge in [0.15, 0.2) is 0 Å². The molecule has 3 N–H and O–H groups in total. The molecule has 1 aromatic carbocycles. The van der Waals surface area contributed by atoms with E-state index in [9.17, 15) is 0 Å². The summed E-state index contributed by atoms with van der Waals surface area (Å²) in [5.41, 5.74) is 5.88. The topological polar surface area (TPSA) is 38.0 Å². The van der Waals surface area contributed by atoms with Crippen LogP contribution in [-0.4, -0.2) is 0 Å². The molecule has 5 rings (SSSR count). The highest BCUT2D eigenvalue weighted by atomic mass is 15.2. The summed E-state index contributed by atoms with van der Waals surface area (Å²) in [5.74, 6) is 10.6. The highest BCUT2D eigenvalue weighted by Crippen LogP contribution is 2.59. The van der Waals surface area contributed by atoms with Crippen LogP contribution in [0.4, 0.5) is 0 Å². The normalized spacial score (nSPS) is 40.0. The Morgan fingerprint density at radius 1 is 0.950 bits per heavy atom. The zero-order chi connectivity index (χ0) is 13.7. The second-order valence-electron chi connectivity index (χ2n) is 7.56. The molecule has 4 bridgehead atoms. The molecular formula is C18H26N2. The summed E-state index contributed by atoms with van der Waals surface area (Å²) < 4.78 is 0. The van der Waals surface area contributed by atoms with Gasteiger partial charge in [-0.2, -0.15) is 0 Å². The summed E-state index contributed by atoms with van der Waals surface area (Å²) in [6, 6.07) is 9.33. The Balaban J connectivity index is 1.63. The highest BCUT2D eigenvalue weighted by molar-refractivity contribution is 5.25. The molecule has 1 atom stereocenters. The monoisotopic (exact) mass is 270 g/mol. The van der Waals surface area contributed by atoms with Crippen LogP contribution in [0.5, 0.6) is 0 Å². The van der Waals surface area contributed by atoms with Gasteiger partial charge >= 0.3 is 0 Å². The van der Waals surface area contributed by atoms with E-state index in [1.807, 2.05) is 0 Å². The van der Waals surface area contributed by atoms with E-state index in [1.54, 1.807) is 0 Å². The first-order valence-electron chi connectivity index (χ1n) is 8.27. The lowest BCUT2D eigenvalue weighted by Gasteiger charge is -2.56. The van der Waals surface area contributed by atoms with E-state index >= 15 is 0 Å². The van der Waals surface area contributed by atoms with E-state index in [0.717, 1.165) is 29.6 Å². The molecule has 4 saturated carbocycles. The summed E-state index contributed by atoms with van der Waals surface area (Å²) in [4.78, 5) is 0. The first-order chi connectivity index (χ1) is 9.74. The van der Waals surface area contributed by atoms with Crippen molar-refractivity contribution in [2.24, 2.45) is 35.4 Å². The highest BCUT2D eigenvalue weighted by Gasteiger charge is 2.50. The van der Waals surface area contributed by atoms with Crippen molar-refractivity contribution in [2.75, 3.05) is 0 Å². The predicted octanol–water partition coefficient (Wildman–Crippen LogP) is 3.57. The van der Waals surface area contributed by atoms with Crippen LogP contribution in [-0.2, 0) is 0 Å². The Morgan fingerprint density at radius 3 is 2.00 bits per heavy atom. The van der Waals surface area contributed by atoms with Crippen LogP contribution < -0.4 is 11.3 Å². The predicted molar refractivity (Wildman–Crippen MR) is 81.8 cm³/mol. The number of nitrogens with two attached hydrogens (primary N) is 1. The maximum atomic E-state index is 5.97. The maximum Gasteiger partial charge on any atom is 0.0493 e. The van der Waals surface area contributed by atoms with Gasteiger partial charge in [-0.25, -0.2) is 0 Å². The number of benzene rings is 1. The lowest BCUT2D eigenvalue weighted by atomic mass is 9.50. The van der Waals surface area contributed by atoms with Gasteiger partial charge < -0.3 is 0 Å². The Kier molecular flexibility index (Phi) is 3.12. The molecule has 0 spiro atoms. The molecule has 0 heterocycles. The maximum absolute atomic E-state index is 5.97. The first-order valence-corrected chi connectivity index (χ1v) is 8.27. The SMILES string of the molecule is Cc1ccc(C(NN)C2C3CC4CC(C3)CC2C4)cc1. The van der Waals surface area contributed by atoms with E-state index in [1.165, 1.54) is 43.2 Å². The minimum atomic E-state index is 0.352. The van der Waals surface area contributed by atoms with Gasteiger partial charge in [0.2, 0.25) is 0 Å². The van der Waals surface area contributed by atoms with Gasteiger partial charge in [0.1, 0.15) is 0 Å². The molecule has 0 amide bonds. The number of nitrogens with one attached hydrogen (secondary N) is 1. The minimum absolute atomic E-state index is 0.352. The largest absolute Gasteiger partial charge is 0.271 e. The fraction of sp³-hybridized carbons (Fsp3) is 0.667. The second kappa shape index (κ2) is 4.85. The zero-order valence-electron chi connectivity index (χ0n) is 12.4. The molecule has 1 aromatic rings. The van der Waals surface area contributed by atoms with Gasteiger partial charge in [-0.05, 0) is 74.2 Å². The Hall–Kier alpha value is -0.860. The third-order valence-corrected chi connectivity index (χ3v) is 6.30. The summed E-state index contributed by atoms with van der Waals surface area (Å²) in [7, 11) is 0. The molecule has 0 radical (unpaired) electrons. The van der Waals surface area contributed by atoms with Crippen LogP contribution in [0.15, 0.2) is 24.3 Å². The fourth-order valence-corrected chi connectivity index (χ4v) is 5.71. The zero-order valence-corrected chi connectivity index (χ0v) is 12.4. The van der Waals surface area contributed by atoms with E-state index in [2.05, 4.69) is 36.6 Å². The number of aryl methyl sites for hydroxylation is 1. The quantitative estimate of drug-likeness (QED) is 0.651. The van der Waals surface area contributed by atoms with Crippen LogP contribution in [0.25, 0.3) is 0 Å². The van der Waals surface area contributed by atoms with Gasteiger partial charge in [-0.1, -0.05) is 29.8 Å². The Morgan fingerprint density at radius 2 is 1.50 bits per heavy atom. The molecule has 1 unspecified atom stereocenters.